The van der Waals surface area contributed by atoms with Crippen molar-refractivity contribution in [2.75, 3.05) is 13.1 Å². The first-order chi connectivity index (χ1) is 12.6. The smallest absolute Gasteiger partial charge is 0.410 e. The van der Waals surface area contributed by atoms with Crippen LogP contribution in [0.25, 0.3) is 0 Å². The summed E-state index contributed by atoms with van der Waals surface area (Å²) in [7, 11) is 0. The lowest BCUT2D eigenvalue weighted by molar-refractivity contribution is -0.127. The molecule has 0 aliphatic carbocycles. The van der Waals surface area contributed by atoms with E-state index in [1.165, 1.54) is 16.2 Å². The number of nitrogens with zero attached hydrogens (tertiary/aromatic N) is 1. The second-order valence-corrected chi connectivity index (χ2v) is 8.89. The first kappa shape index (κ1) is 21.2. The lowest BCUT2D eigenvalue weighted by atomic mass is 9.96. The quantitative estimate of drug-likeness (QED) is 0.770. The van der Waals surface area contributed by atoms with E-state index in [4.69, 9.17) is 4.74 Å². The van der Waals surface area contributed by atoms with Crippen LogP contribution in [0.4, 0.5) is 4.79 Å². The number of thiophene rings is 1. The van der Waals surface area contributed by atoms with E-state index in [1.54, 1.807) is 4.90 Å². The summed E-state index contributed by atoms with van der Waals surface area (Å²) in [4.78, 5) is 40.0. The van der Waals surface area contributed by atoms with Gasteiger partial charge in [0.2, 0.25) is 5.91 Å². The summed E-state index contributed by atoms with van der Waals surface area (Å²) in [5, 5.41) is 0. The third-order valence-electron chi connectivity index (χ3n) is 4.38. The maximum atomic E-state index is 12.3. The molecule has 3 amide bonds. The summed E-state index contributed by atoms with van der Waals surface area (Å²) in [6.45, 7) is 10.4. The molecule has 27 heavy (non-hydrogen) atoms. The molecule has 7 nitrogen and oxygen atoms in total. The second kappa shape index (κ2) is 8.73. The molecular formula is C19H29N3O4S. The number of nitrogens with one attached hydrogen (secondary N) is 2. The van der Waals surface area contributed by atoms with Gasteiger partial charge < -0.3 is 9.64 Å². The van der Waals surface area contributed by atoms with Gasteiger partial charge in [0.1, 0.15) is 5.60 Å². The van der Waals surface area contributed by atoms with Crippen LogP contribution in [-0.2, 0) is 16.0 Å². The normalized spacial score (nSPS) is 15.4. The lowest BCUT2D eigenvalue weighted by Gasteiger charge is -2.32. The summed E-state index contributed by atoms with van der Waals surface area (Å²) in [6.07, 6.45) is 1.61. The molecule has 8 heteroatoms. The van der Waals surface area contributed by atoms with Crippen molar-refractivity contribution in [1.29, 1.82) is 0 Å². The maximum absolute atomic E-state index is 12.3. The van der Waals surface area contributed by atoms with Crippen LogP contribution in [-0.4, -0.2) is 41.5 Å². The predicted molar refractivity (Wildman–Crippen MR) is 105 cm³/mol. The largest absolute Gasteiger partial charge is 0.444 e. The van der Waals surface area contributed by atoms with Crippen LogP contribution in [0.15, 0.2) is 6.07 Å². The fraction of sp³-hybridized carbons (Fsp3) is 0.632. The molecule has 1 aromatic heterocycles. The summed E-state index contributed by atoms with van der Waals surface area (Å²) in [5.74, 6) is -0.765. The maximum Gasteiger partial charge on any atom is 0.410 e. The van der Waals surface area contributed by atoms with Gasteiger partial charge in [0.15, 0.2) is 0 Å². The number of ether oxygens (including phenoxy) is 1. The van der Waals surface area contributed by atoms with E-state index in [0.29, 0.717) is 30.8 Å². The van der Waals surface area contributed by atoms with Crippen molar-refractivity contribution in [3.05, 3.63) is 21.4 Å². The van der Waals surface area contributed by atoms with Crippen molar-refractivity contribution in [3.8, 4) is 0 Å². The first-order valence-corrected chi connectivity index (χ1v) is 10.1. The highest BCUT2D eigenvalue weighted by Crippen LogP contribution is 2.22. The summed E-state index contributed by atoms with van der Waals surface area (Å²) >= 11 is 1.44. The van der Waals surface area contributed by atoms with Crippen LogP contribution in [0.1, 0.15) is 60.6 Å². The minimum atomic E-state index is -0.534. The van der Waals surface area contributed by atoms with Crippen molar-refractivity contribution in [2.45, 2.75) is 59.5 Å². The Morgan fingerprint density at radius 2 is 1.85 bits per heavy atom. The molecule has 2 heterocycles. The van der Waals surface area contributed by atoms with Crippen molar-refractivity contribution in [3.63, 3.8) is 0 Å². The Hall–Kier alpha value is -2.09. The van der Waals surface area contributed by atoms with E-state index >= 15 is 0 Å². The van der Waals surface area contributed by atoms with E-state index in [2.05, 4.69) is 10.9 Å². The fourth-order valence-corrected chi connectivity index (χ4v) is 3.92. The van der Waals surface area contributed by atoms with Crippen molar-refractivity contribution < 1.29 is 19.1 Å². The number of amides is 3. The Morgan fingerprint density at radius 3 is 2.37 bits per heavy atom. The number of aryl methyl sites for hydroxylation is 2. The zero-order valence-corrected chi connectivity index (χ0v) is 17.5. The third-order valence-corrected chi connectivity index (χ3v) is 5.76. The Kier molecular flexibility index (Phi) is 6.86. The Balaban J connectivity index is 1.79. The van der Waals surface area contributed by atoms with Crippen LogP contribution in [0.3, 0.4) is 0 Å². The molecule has 2 rings (SSSR count). The van der Waals surface area contributed by atoms with E-state index in [-0.39, 0.29) is 23.8 Å². The van der Waals surface area contributed by atoms with Crippen molar-refractivity contribution >= 4 is 29.2 Å². The van der Waals surface area contributed by atoms with Crippen molar-refractivity contribution in [2.24, 2.45) is 5.92 Å². The predicted octanol–water partition coefficient (Wildman–Crippen LogP) is 3.03. The number of rotatable bonds is 3. The van der Waals surface area contributed by atoms with E-state index in [0.717, 1.165) is 12.0 Å². The number of hydrogen-bond donors (Lipinski definition) is 2. The third kappa shape index (κ3) is 5.95. The van der Waals surface area contributed by atoms with E-state index < -0.39 is 5.60 Å². The molecule has 0 unspecified atom stereocenters. The van der Waals surface area contributed by atoms with Crippen LogP contribution in [0.2, 0.25) is 0 Å². The first-order valence-electron chi connectivity index (χ1n) is 9.28. The molecule has 1 aliphatic heterocycles. The minimum Gasteiger partial charge on any atom is -0.444 e. The Labute approximate surface area is 164 Å². The van der Waals surface area contributed by atoms with E-state index in [9.17, 15) is 14.4 Å². The number of hydrogen-bond acceptors (Lipinski definition) is 5. The topological polar surface area (TPSA) is 87.7 Å². The number of carbonyl (C=O) groups excluding carboxylic acids is 3. The molecule has 1 aromatic rings. The van der Waals surface area contributed by atoms with Gasteiger partial charge in [-0.15, -0.1) is 11.3 Å². The Bertz CT molecular complexity index is 700. The van der Waals surface area contributed by atoms with Crippen LogP contribution < -0.4 is 10.9 Å². The van der Waals surface area contributed by atoms with Crippen LogP contribution in [0.5, 0.6) is 0 Å². The average Bonchev–Trinajstić information content (AvgIpc) is 2.99. The molecule has 0 saturated carbocycles. The van der Waals surface area contributed by atoms with Gasteiger partial charge in [0, 0.05) is 23.9 Å². The lowest BCUT2D eigenvalue weighted by Crippen LogP contribution is -2.48. The van der Waals surface area contributed by atoms with Gasteiger partial charge in [-0.2, -0.15) is 0 Å². The molecule has 1 saturated heterocycles. The molecule has 0 bridgehead atoms. The SMILES string of the molecule is CCc1sc(C(=O)NNC(=O)C2CCN(C(=O)OC(C)(C)C)CC2)cc1C. The van der Waals surface area contributed by atoms with Gasteiger partial charge in [-0.05, 0) is 58.6 Å². The number of likely N-dealkylation sites (tertiary alicyclic amines) is 1. The molecule has 0 aromatic carbocycles. The van der Waals surface area contributed by atoms with Gasteiger partial charge in [0.25, 0.3) is 5.91 Å². The molecule has 1 aliphatic rings. The molecule has 0 spiro atoms. The molecular weight excluding hydrogens is 366 g/mol. The van der Waals surface area contributed by atoms with Crippen LogP contribution in [0, 0.1) is 12.8 Å². The molecule has 0 radical (unpaired) electrons. The van der Waals surface area contributed by atoms with E-state index in [1.807, 2.05) is 40.7 Å². The van der Waals surface area contributed by atoms with Gasteiger partial charge >= 0.3 is 6.09 Å². The fourth-order valence-electron chi connectivity index (χ4n) is 2.92. The molecule has 0 atom stereocenters. The molecule has 1 fully saturated rings. The second-order valence-electron chi connectivity index (χ2n) is 7.76. The number of hydrazine groups is 1. The zero-order chi connectivity index (χ0) is 20.2. The number of piperidine rings is 1. The van der Waals surface area contributed by atoms with Gasteiger partial charge in [-0.3, -0.25) is 20.4 Å². The van der Waals surface area contributed by atoms with Crippen molar-refractivity contribution in [1.82, 2.24) is 15.8 Å². The summed E-state index contributed by atoms with van der Waals surface area (Å²) in [5.41, 5.74) is 5.56. The molecule has 150 valence electrons. The van der Waals surface area contributed by atoms with Gasteiger partial charge in [0.05, 0.1) is 4.88 Å². The van der Waals surface area contributed by atoms with Gasteiger partial charge in [-0.1, -0.05) is 6.92 Å². The minimum absolute atomic E-state index is 0.226. The molecule has 2 N–H and O–H groups in total. The van der Waals surface area contributed by atoms with Gasteiger partial charge in [-0.25, -0.2) is 4.79 Å². The monoisotopic (exact) mass is 395 g/mol. The highest BCUT2D eigenvalue weighted by atomic mass is 32.1. The zero-order valence-electron chi connectivity index (χ0n) is 16.7. The standard InChI is InChI=1S/C19H29N3O4S/c1-6-14-12(2)11-15(27-14)17(24)21-20-16(23)13-7-9-22(10-8-13)18(25)26-19(3,4)5/h11,13H,6-10H2,1-5H3,(H,20,23)(H,21,24). The highest BCUT2D eigenvalue weighted by Gasteiger charge is 2.30. The Morgan fingerprint density at radius 1 is 1.22 bits per heavy atom. The average molecular weight is 396 g/mol. The highest BCUT2D eigenvalue weighted by molar-refractivity contribution is 7.14. The summed E-state index contributed by atoms with van der Waals surface area (Å²) in [6, 6.07) is 1.84. The number of carbonyl (C=O) groups is 3. The summed E-state index contributed by atoms with van der Waals surface area (Å²) < 4.78 is 5.35. The van der Waals surface area contributed by atoms with Crippen LogP contribution >= 0.6 is 11.3 Å².